The molecule has 2 aromatic heterocycles. The van der Waals surface area contributed by atoms with Crippen molar-refractivity contribution >= 4 is 5.91 Å². The summed E-state index contributed by atoms with van der Waals surface area (Å²) >= 11 is 0. The number of hydrogen-bond acceptors (Lipinski definition) is 5. The van der Waals surface area contributed by atoms with E-state index >= 15 is 0 Å². The first-order chi connectivity index (χ1) is 11.7. The standard InChI is InChI=1S/C17H21N5O2/c1-21-16-8-22(17(23)15-4-5-18-11-19-15)7-13(14(16)6-20-21)10-24-9-12-2-3-12/h4-6,11-13H,2-3,7-10H2,1H3/t13-/m1/s1. The topological polar surface area (TPSA) is 73.1 Å². The molecule has 7 nitrogen and oxygen atoms in total. The third-order valence-electron chi connectivity index (χ3n) is 4.77. The Morgan fingerprint density at radius 2 is 2.25 bits per heavy atom. The van der Waals surface area contributed by atoms with Crippen LogP contribution in [-0.4, -0.2) is 50.3 Å². The van der Waals surface area contributed by atoms with Crippen molar-refractivity contribution in [3.63, 3.8) is 0 Å². The third kappa shape index (κ3) is 3.03. The van der Waals surface area contributed by atoms with Crippen molar-refractivity contribution < 1.29 is 9.53 Å². The molecule has 0 saturated heterocycles. The highest BCUT2D eigenvalue weighted by molar-refractivity contribution is 5.92. The first kappa shape index (κ1) is 15.3. The molecule has 1 atom stereocenters. The van der Waals surface area contributed by atoms with Crippen molar-refractivity contribution in [1.82, 2.24) is 24.6 Å². The number of ether oxygens (including phenoxy) is 1. The predicted octanol–water partition coefficient (Wildman–Crippen LogP) is 1.38. The molecule has 2 aliphatic rings. The maximum absolute atomic E-state index is 12.7. The summed E-state index contributed by atoms with van der Waals surface area (Å²) in [6.07, 6.45) is 7.47. The summed E-state index contributed by atoms with van der Waals surface area (Å²) in [4.78, 5) is 22.5. The average molecular weight is 327 g/mol. The number of hydrogen-bond donors (Lipinski definition) is 0. The van der Waals surface area contributed by atoms with Gasteiger partial charge in [0.15, 0.2) is 0 Å². The Labute approximate surface area is 140 Å². The highest BCUT2D eigenvalue weighted by Crippen LogP contribution is 2.31. The van der Waals surface area contributed by atoms with Crippen LogP contribution in [0.5, 0.6) is 0 Å². The van der Waals surface area contributed by atoms with E-state index in [9.17, 15) is 4.79 Å². The number of aromatic nitrogens is 4. The molecule has 0 aromatic carbocycles. The van der Waals surface area contributed by atoms with Gasteiger partial charge in [-0.3, -0.25) is 9.48 Å². The molecule has 0 unspecified atom stereocenters. The second-order valence-electron chi connectivity index (χ2n) is 6.63. The van der Waals surface area contributed by atoms with Gasteiger partial charge in [-0.05, 0) is 24.8 Å². The molecular formula is C17H21N5O2. The summed E-state index contributed by atoms with van der Waals surface area (Å²) in [5.41, 5.74) is 2.69. The fourth-order valence-corrected chi connectivity index (χ4v) is 3.16. The zero-order chi connectivity index (χ0) is 16.5. The van der Waals surface area contributed by atoms with Crippen molar-refractivity contribution in [2.24, 2.45) is 13.0 Å². The highest BCUT2D eigenvalue weighted by atomic mass is 16.5. The molecule has 1 saturated carbocycles. The molecule has 1 amide bonds. The molecule has 24 heavy (non-hydrogen) atoms. The van der Waals surface area contributed by atoms with Crippen LogP contribution in [0.3, 0.4) is 0 Å². The van der Waals surface area contributed by atoms with Gasteiger partial charge in [-0.2, -0.15) is 5.10 Å². The average Bonchev–Trinajstić information content (AvgIpc) is 3.37. The number of carbonyl (C=O) groups is 1. The summed E-state index contributed by atoms with van der Waals surface area (Å²) in [6, 6.07) is 1.65. The van der Waals surface area contributed by atoms with Crippen LogP contribution in [0.2, 0.25) is 0 Å². The van der Waals surface area contributed by atoms with Crippen molar-refractivity contribution in [3.8, 4) is 0 Å². The van der Waals surface area contributed by atoms with Gasteiger partial charge in [-0.15, -0.1) is 0 Å². The minimum absolute atomic E-state index is 0.0727. The van der Waals surface area contributed by atoms with E-state index in [-0.39, 0.29) is 11.8 Å². The number of rotatable bonds is 5. The largest absolute Gasteiger partial charge is 0.380 e. The van der Waals surface area contributed by atoms with Gasteiger partial charge in [-0.25, -0.2) is 9.97 Å². The van der Waals surface area contributed by atoms with Gasteiger partial charge in [-0.1, -0.05) is 0 Å². The molecule has 0 N–H and O–H groups in total. The Morgan fingerprint density at radius 1 is 1.38 bits per heavy atom. The minimum Gasteiger partial charge on any atom is -0.380 e. The molecule has 126 valence electrons. The molecule has 3 heterocycles. The van der Waals surface area contributed by atoms with E-state index in [4.69, 9.17) is 4.74 Å². The van der Waals surface area contributed by atoms with Crippen LogP contribution in [0.4, 0.5) is 0 Å². The fraction of sp³-hybridized carbons (Fsp3) is 0.529. The second-order valence-corrected chi connectivity index (χ2v) is 6.63. The molecule has 0 radical (unpaired) electrons. The van der Waals surface area contributed by atoms with Gasteiger partial charge in [0.05, 0.1) is 25.0 Å². The van der Waals surface area contributed by atoms with Gasteiger partial charge in [0, 0.05) is 37.9 Å². The van der Waals surface area contributed by atoms with Crippen LogP contribution < -0.4 is 0 Å². The second kappa shape index (κ2) is 6.32. The van der Waals surface area contributed by atoms with Gasteiger partial charge in [0.1, 0.15) is 12.0 Å². The summed E-state index contributed by atoms with van der Waals surface area (Å²) in [5.74, 6) is 0.823. The van der Waals surface area contributed by atoms with E-state index < -0.39 is 0 Å². The van der Waals surface area contributed by atoms with Crippen LogP contribution in [0, 0.1) is 5.92 Å². The van der Waals surface area contributed by atoms with E-state index in [2.05, 4.69) is 15.1 Å². The minimum atomic E-state index is -0.0727. The molecule has 1 aliphatic heterocycles. The lowest BCUT2D eigenvalue weighted by Crippen LogP contribution is -2.40. The monoisotopic (exact) mass is 327 g/mol. The van der Waals surface area contributed by atoms with Gasteiger partial charge < -0.3 is 9.64 Å². The Bertz CT molecular complexity index is 726. The zero-order valence-electron chi connectivity index (χ0n) is 13.8. The fourth-order valence-electron chi connectivity index (χ4n) is 3.16. The van der Waals surface area contributed by atoms with E-state index in [0.717, 1.165) is 18.2 Å². The Hall–Kier alpha value is -2.28. The van der Waals surface area contributed by atoms with Crippen LogP contribution in [0.1, 0.15) is 40.5 Å². The summed E-state index contributed by atoms with van der Waals surface area (Å²) in [5, 5.41) is 4.37. The van der Waals surface area contributed by atoms with E-state index in [0.29, 0.717) is 25.4 Å². The van der Waals surface area contributed by atoms with E-state index in [1.807, 2.05) is 22.8 Å². The van der Waals surface area contributed by atoms with Gasteiger partial charge >= 0.3 is 0 Å². The van der Waals surface area contributed by atoms with Crippen molar-refractivity contribution in [1.29, 1.82) is 0 Å². The Balaban J connectivity index is 1.52. The van der Waals surface area contributed by atoms with Crippen LogP contribution in [0.15, 0.2) is 24.8 Å². The molecule has 1 aliphatic carbocycles. The molecule has 7 heteroatoms. The van der Waals surface area contributed by atoms with Crippen molar-refractivity contribution in [2.75, 3.05) is 19.8 Å². The third-order valence-corrected chi connectivity index (χ3v) is 4.77. The normalized spacial score (nSPS) is 20.0. The zero-order valence-corrected chi connectivity index (χ0v) is 13.8. The molecule has 2 aromatic rings. The first-order valence-electron chi connectivity index (χ1n) is 8.36. The highest BCUT2D eigenvalue weighted by Gasteiger charge is 2.32. The molecule has 1 fully saturated rings. The Morgan fingerprint density at radius 3 is 3.00 bits per heavy atom. The lowest BCUT2D eigenvalue weighted by atomic mass is 9.95. The maximum Gasteiger partial charge on any atom is 0.272 e. The van der Waals surface area contributed by atoms with Crippen LogP contribution in [0.25, 0.3) is 0 Å². The van der Waals surface area contributed by atoms with Gasteiger partial charge in [0.25, 0.3) is 5.91 Å². The molecular weight excluding hydrogens is 306 g/mol. The number of fused-ring (bicyclic) bond motifs is 1. The summed E-state index contributed by atoms with van der Waals surface area (Å²) in [7, 11) is 1.92. The van der Waals surface area contributed by atoms with Gasteiger partial charge in [0.2, 0.25) is 0 Å². The SMILES string of the molecule is Cn1ncc2c1CN(C(=O)c1ccncn1)C[C@@H]2COCC1CC1. The quantitative estimate of drug-likeness (QED) is 0.829. The summed E-state index contributed by atoms with van der Waals surface area (Å²) < 4.78 is 7.75. The van der Waals surface area contributed by atoms with Crippen molar-refractivity contribution in [2.45, 2.75) is 25.3 Å². The Kier molecular flexibility index (Phi) is 4.02. The number of aryl methyl sites for hydroxylation is 1. The van der Waals surface area contributed by atoms with E-state index in [1.54, 1.807) is 12.3 Å². The number of carbonyl (C=O) groups excluding carboxylic acids is 1. The smallest absolute Gasteiger partial charge is 0.272 e. The molecule has 0 spiro atoms. The van der Waals surface area contributed by atoms with E-state index in [1.165, 1.54) is 24.7 Å². The van der Waals surface area contributed by atoms with Crippen molar-refractivity contribution in [3.05, 3.63) is 41.7 Å². The first-order valence-corrected chi connectivity index (χ1v) is 8.36. The number of amides is 1. The number of nitrogens with zero attached hydrogens (tertiary/aromatic N) is 5. The predicted molar refractivity (Wildman–Crippen MR) is 86.3 cm³/mol. The van der Waals surface area contributed by atoms with Crippen LogP contribution in [-0.2, 0) is 18.3 Å². The lowest BCUT2D eigenvalue weighted by molar-refractivity contribution is 0.0618. The lowest BCUT2D eigenvalue weighted by Gasteiger charge is -2.32. The van der Waals surface area contributed by atoms with Crippen LogP contribution >= 0.6 is 0 Å². The molecule has 4 rings (SSSR count). The molecule has 0 bridgehead atoms. The summed E-state index contributed by atoms with van der Waals surface area (Å²) in [6.45, 7) is 2.63. The maximum atomic E-state index is 12.7.